The molecule has 1 rings (SSSR count). The molecule has 1 atom stereocenters. The Morgan fingerprint density at radius 1 is 1.37 bits per heavy atom. The van der Waals surface area contributed by atoms with Crippen molar-refractivity contribution in [2.45, 2.75) is 12.5 Å². The summed E-state index contributed by atoms with van der Waals surface area (Å²) in [6, 6.07) is 6.00. The maximum atomic E-state index is 11.7. The number of nitrogens with one attached hydrogen (secondary N) is 1. The van der Waals surface area contributed by atoms with Gasteiger partial charge < -0.3 is 19.9 Å². The van der Waals surface area contributed by atoms with E-state index in [9.17, 15) is 9.59 Å². The lowest BCUT2D eigenvalue weighted by Crippen LogP contribution is -2.44. The molecule has 0 bridgehead atoms. The Labute approximate surface area is 111 Å². The van der Waals surface area contributed by atoms with E-state index < -0.39 is 12.0 Å². The zero-order chi connectivity index (χ0) is 14.3. The Morgan fingerprint density at radius 3 is 2.68 bits per heavy atom. The Balaban J connectivity index is 2.60. The minimum atomic E-state index is -1.12. The molecule has 1 amide bonds. The normalized spacial score (nSPS) is 11.7. The van der Waals surface area contributed by atoms with Gasteiger partial charge in [0.1, 0.15) is 5.75 Å². The van der Waals surface area contributed by atoms with Gasteiger partial charge in [0.05, 0.1) is 20.1 Å². The molecule has 0 aliphatic carbocycles. The molecule has 0 fully saturated rings. The van der Waals surface area contributed by atoms with Crippen LogP contribution in [0.1, 0.15) is 5.56 Å². The third-order valence-corrected chi connectivity index (χ3v) is 2.47. The first kappa shape index (κ1) is 15.0. The lowest BCUT2D eigenvalue weighted by atomic mass is 10.1. The largest absolute Gasteiger partial charge is 0.497 e. The lowest BCUT2D eigenvalue weighted by molar-refractivity contribution is -0.143. The molecule has 19 heavy (non-hydrogen) atoms. The number of hydrogen-bond acceptors (Lipinski definition) is 4. The van der Waals surface area contributed by atoms with Crippen molar-refractivity contribution in [2.75, 3.05) is 20.8 Å². The fraction of sp³-hybridized carbons (Fsp3) is 0.385. The molecule has 1 aromatic carbocycles. The van der Waals surface area contributed by atoms with Gasteiger partial charge in [-0.25, -0.2) is 4.79 Å². The van der Waals surface area contributed by atoms with Gasteiger partial charge in [0.25, 0.3) is 0 Å². The second kappa shape index (κ2) is 7.38. The second-order valence-electron chi connectivity index (χ2n) is 3.94. The summed E-state index contributed by atoms with van der Waals surface area (Å²) in [6.45, 7) is -0.0703. The van der Waals surface area contributed by atoms with E-state index in [1.807, 2.05) is 0 Å². The van der Waals surface area contributed by atoms with Crippen molar-refractivity contribution in [1.82, 2.24) is 5.32 Å². The Morgan fingerprint density at radius 2 is 2.11 bits per heavy atom. The molecule has 0 heterocycles. The first-order valence-electron chi connectivity index (χ1n) is 5.71. The summed E-state index contributed by atoms with van der Waals surface area (Å²) in [4.78, 5) is 22.6. The van der Waals surface area contributed by atoms with Crippen LogP contribution in [0, 0.1) is 0 Å². The SMILES string of the molecule is COCC(NC(=O)Cc1cccc(OC)c1)C(=O)O. The van der Waals surface area contributed by atoms with Gasteiger partial charge in [0.2, 0.25) is 5.91 Å². The molecule has 6 heteroatoms. The van der Waals surface area contributed by atoms with Crippen molar-refractivity contribution < 1.29 is 24.2 Å². The molecule has 1 unspecified atom stereocenters. The number of amides is 1. The summed E-state index contributed by atoms with van der Waals surface area (Å²) in [7, 11) is 2.92. The van der Waals surface area contributed by atoms with Crippen LogP contribution in [0.2, 0.25) is 0 Å². The van der Waals surface area contributed by atoms with Crippen LogP contribution in [0.3, 0.4) is 0 Å². The van der Waals surface area contributed by atoms with Gasteiger partial charge >= 0.3 is 5.97 Å². The number of aliphatic carboxylic acids is 1. The molecule has 2 N–H and O–H groups in total. The van der Waals surface area contributed by atoms with Crippen molar-refractivity contribution >= 4 is 11.9 Å². The molecule has 6 nitrogen and oxygen atoms in total. The number of carboxylic acid groups (broad SMARTS) is 1. The molecule has 0 aliphatic rings. The van der Waals surface area contributed by atoms with E-state index in [4.69, 9.17) is 14.6 Å². The molecular formula is C13H17NO5. The van der Waals surface area contributed by atoms with Crippen molar-refractivity contribution in [1.29, 1.82) is 0 Å². The molecule has 0 aliphatic heterocycles. The highest BCUT2D eigenvalue weighted by atomic mass is 16.5. The van der Waals surface area contributed by atoms with Crippen molar-refractivity contribution in [3.63, 3.8) is 0 Å². The van der Waals surface area contributed by atoms with E-state index in [-0.39, 0.29) is 18.9 Å². The second-order valence-corrected chi connectivity index (χ2v) is 3.94. The number of benzene rings is 1. The molecule has 0 aromatic heterocycles. The first-order chi connectivity index (χ1) is 9.06. The number of carbonyl (C=O) groups is 2. The molecule has 0 saturated heterocycles. The average molecular weight is 267 g/mol. The number of carbonyl (C=O) groups excluding carboxylic acids is 1. The molecule has 1 aromatic rings. The minimum absolute atomic E-state index is 0.0703. The lowest BCUT2D eigenvalue weighted by Gasteiger charge is -2.13. The van der Waals surface area contributed by atoms with E-state index in [1.165, 1.54) is 14.2 Å². The summed E-state index contributed by atoms with van der Waals surface area (Å²) in [5, 5.41) is 11.3. The Bertz CT molecular complexity index is 446. The number of methoxy groups -OCH3 is 2. The topological polar surface area (TPSA) is 84.9 Å². The minimum Gasteiger partial charge on any atom is -0.497 e. The van der Waals surface area contributed by atoms with E-state index in [2.05, 4.69) is 5.32 Å². The third-order valence-electron chi connectivity index (χ3n) is 2.47. The van der Waals surface area contributed by atoms with Crippen LogP contribution < -0.4 is 10.1 Å². The maximum Gasteiger partial charge on any atom is 0.328 e. The quantitative estimate of drug-likeness (QED) is 0.749. The summed E-state index contributed by atoms with van der Waals surface area (Å²) in [5.74, 6) is -0.851. The number of hydrogen-bond donors (Lipinski definition) is 2. The highest BCUT2D eigenvalue weighted by Gasteiger charge is 2.19. The Hall–Kier alpha value is -2.08. The van der Waals surface area contributed by atoms with Crippen LogP contribution in [0.15, 0.2) is 24.3 Å². The van der Waals surface area contributed by atoms with Crippen molar-refractivity contribution in [2.24, 2.45) is 0 Å². The number of rotatable bonds is 7. The predicted octanol–water partition coefficient (Wildman–Crippen LogP) is 0.453. The Kier molecular flexibility index (Phi) is 5.81. The zero-order valence-corrected chi connectivity index (χ0v) is 10.9. The molecule has 0 spiro atoms. The van der Waals surface area contributed by atoms with Crippen molar-refractivity contribution in [3.05, 3.63) is 29.8 Å². The standard InChI is InChI=1S/C13H17NO5/c1-18-8-11(13(16)17)14-12(15)7-9-4-3-5-10(6-9)19-2/h3-6,11H,7-8H2,1-2H3,(H,14,15)(H,16,17). The van der Waals surface area contributed by atoms with E-state index in [0.717, 1.165) is 5.56 Å². The van der Waals surface area contributed by atoms with Crippen LogP contribution >= 0.6 is 0 Å². The number of ether oxygens (including phenoxy) is 2. The van der Waals surface area contributed by atoms with Gasteiger partial charge in [-0.3, -0.25) is 4.79 Å². The van der Waals surface area contributed by atoms with Gasteiger partial charge in [-0.1, -0.05) is 12.1 Å². The van der Waals surface area contributed by atoms with Gasteiger partial charge in [0.15, 0.2) is 6.04 Å². The van der Waals surface area contributed by atoms with Crippen LogP contribution in [0.5, 0.6) is 5.75 Å². The van der Waals surface area contributed by atoms with E-state index >= 15 is 0 Å². The van der Waals surface area contributed by atoms with E-state index in [0.29, 0.717) is 5.75 Å². The average Bonchev–Trinajstić information content (AvgIpc) is 2.38. The maximum absolute atomic E-state index is 11.7. The van der Waals surface area contributed by atoms with Crippen molar-refractivity contribution in [3.8, 4) is 5.75 Å². The van der Waals surface area contributed by atoms with Gasteiger partial charge in [-0.2, -0.15) is 0 Å². The van der Waals surface area contributed by atoms with Gasteiger partial charge in [0, 0.05) is 7.11 Å². The predicted molar refractivity (Wildman–Crippen MR) is 68.1 cm³/mol. The smallest absolute Gasteiger partial charge is 0.328 e. The van der Waals surface area contributed by atoms with Crippen LogP contribution in [-0.4, -0.2) is 43.9 Å². The van der Waals surface area contributed by atoms with Gasteiger partial charge in [-0.05, 0) is 17.7 Å². The fourth-order valence-corrected chi connectivity index (χ4v) is 1.55. The third kappa shape index (κ3) is 4.97. The summed E-state index contributed by atoms with van der Waals surface area (Å²) >= 11 is 0. The molecule has 104 valence electrons. The highest BCUT2D eigenvalue weighted by molar-refractivity contribution is 5.85. The summed E-state index contributed by atoms with van der Waals surface area (Å²) in [6.07, 6.45) is 0.0880. The fourth-order valence-electron chi connectivity index (χ4n) is 1.55. The summed E-state index contributed by atoms with van der Waals surface area (Å²) in [5.41, 5.74) is 0.749. The molecular weight excluding hydrogens is 250 g/mol. The van der Waals surface area contributed by atoms with Crippen LogP contribution in [0.25, 0.3) is 0 Å². The van der Waals surface area contributed by atoms with Crippen LogP contribution in [-0.2, 0) is 20.7 Å². The van der Waals surface area contributed by atoms with Gasteiger partial charge in [-0.15, -0.1) is 0 Å². The first-order valence-corrected chi connectivity index (χ1v) is 5.71. The van der Waals surface area contributed by atoms with E-state index in [1.54, 1.807) is 24.3 Å². The zero-order valence-electron chi connectivity index (χ0n) is 10.9. The number of carboxylic acids is 1. The molecule has 0 radical (unpaired) electrons. The highest BCUT2D eigenvalue weighted by Crippen LogP contribution is 2.12. The molecule has 0 saturated carbocycles. The summed E-state index contributed by atoms with van der Waals surface area (Å²) < 4.78 is 9.79. The van der Waals surface area contributed by atoms with Crippen LogP contribution in [0.4, 0.5) is 0 Å². The monoisotopic (exact) mass is 267 g/mol.